The predicted octanol–water partition coefficient (Wildman–Crippen LogP) is 2.16. The number of likely N-dealkylation sites (tertiary alicyclic amines) is 1. The third-order valence-electron chi connectivity index (χ3n) is 3.03. The summed E-state index contributed by atoms with van der Waals surface area (Å²) in [6.07, 6.45) is 1.88. The van der Waals surface area contributed by atoms with E-state index in [0.29, 0.717) is 29.4 Å². The lowest BCUT2D eigenvalue weighted by atomic mass is 10.3. The van der Waals surface area contributed by atoms with Gasteiger partial charge in [0, 0.05) is 19.3 Å². The molecule has 18 heavy (non-hydrogen) atoms. The number of pyridine rings is 1. The Hall–Kier alpha value is -1.17. The van der Waals surface area contributed by atoms with Crippen LogP contribution in [0.1, 0.15) is 16.1 Å². The van der Waals surface area contributed by atoms with Crippen molar-refractivity contribution in [2.24, 2.45) is 0 Å². The maximum atomic E-state index is 12.2. The number of thiophene rings is 1. The van der Waals surface area contributed by atoms with Gasteiger partial charge >= 0.3 is 0 Å². The molecule has 0 bridgehead atoms. The Labute approximate surface area is 113 Å². The molecule has 3 rings (SSSR count). The lowest BCUT2D eigenvalue weighted by Gasteiger charge is -2.13. The van der Waals surface area contributed by atoms with Crippen molar-refractivity contribution in [2.75, 3.05) is 13.1 Å². The number of carbonyl (C=O) groups excluding carboxylic acids is 1. The molecule has 1 amide bonds. The Balaban J connectivity index is 1.95. The van der Waals surface area contributed by atoms with E-state index in [4.69, 9.17) is 11.6 Å². The third-order valence-corrected chi connectivity index (χ3v) is 4.60. The molecule has 2 aromatic rings. The number of halogens is 1. The van der Waals surface area contributed by atoms with Crippen LogP contribution in [0.3, 0.4) is 0 Å². The monoisotopic (exact) mass is 282 g/mol. The topological polar surface area (TPSA) is 53.4 Å². The van der Waals surface area contributed by atoms with Crippen LogP contribution in [0.25, 0.3) is 10.2 Å². The molecular formula is C12H11ClN2O2S. The quantitative estimate of drug-likeness (QED) is 0.872. The summed E-state index contributed by atoms with van der Waals surface area (Å²) in [5.41, 5.74) is 0.746. The van der Waals surface area contributed by atoms with Crippen molar-refractivity contribution in [3.63, 3.8) is 0 Å². The summed E-state index contributed by atoms with van der Waals surface area (Å²) in [4.78, 5) is 18.7. The van der Waals surface area contributed by atoms with Crippen molar-refractivity contribution >= 4 is 39.1 Å². The van der Waals surface area contributed by atoms with Crippen LogP contribution >= 0.6 is 22.9 Å². The minimum Gasteiger partial charge on any atom is -0.391 e. The van der Waals surface area contributed by atoms with Gasteiger partial charge in [-0.1, -0.05) is 11.6 Å². The number of nitrogens with zero attached hydrogens (tertiary/aromatic N) is 2. The second-order valence-corrected chi connectivity index (χ2v) is 5.77. The maximum absolute atomic E-state index is 12.2. The van der Waals surface area contributed by atoms with Gasteiger partial charge in [-0.25, -0.2) is 0 Å². The number of aliphatic hydroxyl groups excluding tert-OH is 1. The number of aromatic nitrogens is 1. The van der Waals surface area contributed by atoms with Gasteiger partial charge in [-0.3, -0.25) is 9.78 Å². The van der Waals surface area contributed by atoms with Crippen molar-refractivity contribution in [3.05, 3.63) is 28.2 Å². The van der Waals surface area contributed by atoms with Crippen LogP contribution in [-0.4, -0.2) is 40.1 Å². The van der Waals surface area contributed by atoms with Gasteiger partial charge < -0.3 is 10.0 Å². The van der Waals surface area contributed by atoms with Crippen LogP contribution in [-0.2, 0) is 0 Å². The van der Waals surface area contributed by atoms with Gasteiger partial charge in [-0.2, -0.15) is 0 Å². The van der Waals surface area contributed by atoms with Gasteiger partial charge in [0.2, 0.25) is 0 Å². The first kappa shape index (κ1) is 11.9. The standard InChI is InChI=1S/C12H11ClN2O2S/c13-8-1-3-14-9-5-10(18-11(8)9)12(17)15-4-2-7(16)6-15/h1,3,5,7,16H,2,4,6H2. The van der Waals surface area contributed by atoms with Crippen LogP contribution in [0.15, 0.2) is 18.3 Å². The molecule has 1 atom stereocenters. The van der Waals surface area contributed by atoms with E-state index in [1.165, 1.54) is 11.3 Å². The number of hydrogen-bond donors (Lipinski definition) is 1. The molecule has 4 nitrogen and oxygen atoms in total. The summed E-state index contributed by atoms with van der Waals surface area (Å²) in [6, 6.07) is 3.48. The van der Waals surface area contributed by atoms with E-state index < -0.39 is 6.10 Å². The first-order valence-corrected chi connectivity index (χ1v) is 6.86. The number of rotatable bonds is 1. The average molecular weight is 283 g/mol. The zero-order valence-electron chi connectivity index (χ0n) is 9.47. The van der Waals surface area contributed by atoms with E-state index in [1.54, 1.807) is 23.2 Å². The molecule has 1 saturated heterocycles. The molecule has 6 heteroatoms. The van der Waals surface area contributed by atoms with Gasteiger partial charge in [0.05, 0.1) is 26.2 Å². The molecule has 1 N–H and O–H groups in total. The zero-order chi connectivity index (χ0) is 12.7. The molecule has 1 fully saturated rings. The summed E-state index contributed by atoms with van der Waals surface area (Å²) in [6.45, 7) is 1.02. The van der Waals surface area contributed by atoms with Gasteiger partial charge in [-0.15, -0.1) is 11.3 Å². The van der Waals surface area contributed by atoms with Gasteiger partial charge in [0.1, 0.15) is 0 Å². The minimum absolute atomic E-state index is 0.0504. The Morgan fingerprint density at radius 1 is 1.61 bits per heavy atom. The van der Waals surface area contributed by atoms with E-state index in [2.05, 4.69) is 4.98 Å². The van der Waals surface area contributed by atoms with Crippen molar-refractivity contribution in [1.29, 1.82) is 0 Å². The summed E-state index contributed by atoms with van der Waals surface area (Å²) in [5, 5.41) is 10.1. The number of amides is 1. The third kappa shape index (κ3) is 1.98. The Morgan fingerprint density at radius 3 is 3.11 bits per heavy atom. The molecule has 1 aliphatic rings. The molecule has 1 aliphatic heterocycles. The summed E-state index contributed by atoms with van der Waals surface area (Å²) in [7, 11) is 0. The SMILES string of the molecule is O=C(c1cc2nccc(Cl)c2s1)N1CCC(O)C1. The van der Waals surface area contributed by atoms with Crippen LogP contribution < -0.4 is 0 Å². The molecule has 0 saturated carbocycles. The van der Waals surface area contributed by atoms with Crippen molar-refractivity contribution in [2.45, 2.75) is 12.5 Å². The second kappa shape index (κ2) is 4.50. The smallest absolute Gasteiger partial charge is 0.264 e. The van der Waals surface area contributed by atoms with Crippen molar-refractivity contribution < 1.29 is 9.90 Å². The largest absolute Gasteiger partial charge is 0.391 e. The second-order valence-electron chi connectivity index (χ2n) is 4.31. The Bertz CT molecular complexity index is 613. The van der Waals surface area contributed by atoms with Crippen LogP contribution in [0.5, 0.6) is 0 Å². The molecule has 0 aliphatic carbocycles. The van der Waals surface area contributed by atoms with Crippen LogP contribution in [0.2, 0.25) is 5.02 Å². The number of aliphatic hydroxyl groups is 1. The molecule has 0 spiro atoms. The molecular weight excluding hydrogens is 272 g/mol. The molecule has 0 aromatic carbocycles. The molecule has 3 heterocycles. The highest BCUT2D eigenvalue weighted by Crippen LogP contribution is 2.31. The molecule has 0 radical (unpaired) electrons. The van der Waals surface area contributed by atoms with E-state index in [9.17, 15) is 9.90 Å². The lowest BCUT2D eigenvalue weighted by Crippen LogP contribution is -2.28. The number of β-amino-alcohol motifs (C(OH)–C–C–N with tert-alkyl or cyclic N) is 1. The predicted molar refractivity (Wildman–Crippen MR) is 71.2 cm³/mol. The van der Waals surface area contributed by atoms with Crippen LogP contribution in [0.4, 0.5) is 0 Å². The highest BCUT2D eigenvalue weighted by atomic mass is 35.5. The Kier molecular flexibility index (Phi) is 2.97. The summed E-state index contributed by atoms with van der Waals surface area (Å²) >= 11 is 7.42. The molecule has 94 valence electrons. The van der Waals surface area contributed by atoms with Gasteiger partial charge in [0.15, 0.2) is 0 Å². The molecule has 2 aromatic heterocycles. The van der Waals surface area contributed by atoms with Crippen molar-refractivity contribution in [3.8, 4) is 0 Å². The first-order chi connectivity index (χ1) is 8.65. The minimum atomic E-state index is -0.398. The van der Waals surface area contributed by atoms with E-state index in [1.807, 2.05) is 0 Å². The summed E-state index contributed by atoms with van der Waals surface area (Å²) < 4.78 is 0.835. The van der Waals surface area contributed by atoms with Crippen LogP contribution in [0, 0.1) is 0 Å². The van der Waals surface area contributed by atoms with E-state index in [0.717, 1.165) is 10.2 Å². The highest BCUT2D eigenvalue weighted by molar-refractivity contribution is 7.21. The Morgan fingerprint density at radius 2 is 2.44 bits per heavy atom. The zero-order valence-corrected chi connectivity index (χ0v) is 11.0. The van der Waals surface area contributed by atoms with Crippen molar-refractivity contribution in [1.82, 2.24) is 9.88 Å². The average Bonchev–Trinajstić information content (AvgIpc) is 2.95. The number of carbonyl (C=O) groups is 1. The highest BCUT2D eigenvalue weighted by Gasteiger charge is 2.26. The first-order valence-electron chi connectivity index (χ1n) is 5.66. The fourth-order valence-electron chi connectivity index (χ4n) is 2.09. The van der Waals surface area contributed by atoms with Gasteiger partial charge in [-0.05, 0) is 18.6 Å². The fourth-order valence-corrected chi connectivity index (χ4v) is 3.35. The normalized spacial score (nSPS) is 19.7. The summed E-state index contributed by atoms with van der Waals surface area (Å²) in [5.74, 6) is -0.0504. The number of hydrogen-bond acceptors (Lipinski definition) is 4. The maximum Gasteiger partial charge on any atom is 0.264 e. The lowest BCUT2D eigenvalue weighted by molar-refractivity contribution is 0.0770. The molecule has 1 unspecified atom stereocenters. The fraction of sp³-hybridized carbons (Fsp3) is 0.333. The number of fused-ring (bicyclic) bond motifs is 1. The van der Waals surface area contributed by atoms with E-state index >= 15 is 0 Å². The van der Waals surface area contributed by atoms with E-state index in [-0.39, 0.29) is 5.91 Å². The van der Waals surface area contributed by atoms with Gasteiger partial charge in [0.25, 0.3) is 5.91 Å².